The number of benzene rings is 2. The lowest BCUT2D eigenvalue weighted by Gasteiger charge is -2.06. The van der Waals surface area contributed by atoms with E-state index in [1.165, 1.54) is 36.6 Å². The number of rotatable bonds is 4. The molecule has 3 rings (SSSR count). The van der Waals surface area contributed by atoms with Crippen molar-refractivity contribution in [2.45, 2.75) is 0 Å². The van der Waals surface area contributed by atoms with Crippen LogP contribution in [0.25, 0.3) is 11.3 Å². The van der Waals surface area contributed by atoms with E-state index in [4.69, 9.17) is 4.74 Å². The Kier molecular flexibility index (Phi) is 4.20. The monoisotopic (exact) mass is 336 g/mol. The lowest BCUT2D eigenvalue weighted by Crippen LogP contribution is -1.93. The van der Waals surface area contributed by atoms with Gasteiger partial charge in [-0.1, -0.05) is 0 Å². The van der Waals surface area contributed by atoms with Gasteiger partial charge in [0.2, 0.25) is 0 Å². The van der Waals surface area contributed by atoms with E-state index in [1.54, 1.807) is 5.38 Å². The minimum atomic E-state index is -0.684. The van der Waals surface area contributed by atoms with Gasteiger partial charge in [0, 0.05) is 22.7 Å². The molecule has 0 radical (unpaired) electrons. The molecule has 2 aromatic carbocycles. The number of nitrogens with zero attached hydrogens (tertiary/aromatic N) is 1. The lowest BCUT2D eigenvalue weighted by molar-refractivity contribution is 0.415. The molecule has 0 aliphatic rings. The largest absolute Gasteiger partial charge is 0.496 e. The van der Waals surface area contributed by atoms with Gasteiger partial charge in [0.1, 0.15) is 23.2 Å². The third kappa shape index (κ3) is 3.45. The predicted molar refractivity (Wildman–Crippen MR) is 83.7 cm³/mol. The topological polar surface area (TPSA) is 34.1 Å². The van der Waals surface area contributed by atoms with Gasteiger partial charge in [-0.25, -0.2) is 18.2 Å². The van der Waals surface area contributed by atoms with Gasteiger partial charge < -0.3 is 10.1 Å². The third-order valence-electron chi connectivity index (χ3n) is 3.06. The summed E-state index contributed by atoms with van der Waals surface area (Å²) < 4.78 is 45.0. The number of thiazole rings is 1. The highest BCUT2D eigenvalue weighted by atomic mass is 32.1. The molecule has 0 fully saturated rings. The van der Waals surface area contributed by atoms with Crippen LogP contribution < -0.4 is 10.1 Å². The first-order valence-corrected chi connectivity index (χ1v) is 7.45. The summed E-state index contributed by atoms with van der Waals surface area (Å²) >= 11 is 1.23. The van der Waals surface area contributed by atoms with Crippen molar-refractivity contribution >= 4 is 22.2 Å². The van der Waals surface area contributed by atoms with Crippen molar-refractivity contribution in [1.82, 2.24) is 4.98 Å². The maximum Gasteiger partial charge on any atom is 0.187 e. The maximum atomic E-state index is 13.4. The molecule has 0 bridgehead atoms. The normalized spacial score (nSPS) is 10.6. The molecular weight excluding hydrogens is 325 g/mol. The Morgan fingerprint density at radius 2 is 1.74 bits per heavy atom. The van der Waals surface area contributed by atoms with Crippen molar-refractivity contribution in [3.63, 3.8) is 0 Å². The van der Waals surface area contributed by atoms with Crippen LogP contribution in [0, 0.1) is 17.5 Å². The zero-order valence-electron chi connectivity index (χ0n) is 11.9. The molecule has 0 aliphatic heterocycles. The fourth-order valence-electron chi connectivity index (χ4n) is 2.08. The van der Waals surface area contributed by atoms with Gasteiger partial charge in [0.15, 0.2) is 5.13 Å². The zero-order chi connectivity index (χ0) is 16.4. The molecule has 1 aromatic heterocycles. The van der Waals surface area contributed by atoms with E-state index >= 15 is 0 Å². The van der Waals surface area contributed by atoms with E-state index in [-0.39, 0.29) is 5.69 Å². The molecule has 0 amide bonds. The second kappa shape index (κ2) is 6.29. The van der Waals surface area contributed by atoms with Crippen molar-refractivity contribution < 1.29 is 17.9 Å². The summed E-state index contributed by atoms with van der Waals surface area (Å²) in [7, 11) is 1.48. The van der Waals surface area contributed by atoms with Crippen LogP contribution in [0.5, 0.6) is 5.75 Å². The fraction of sp³-hybridized carbons (Fsp3) is 0.0625. The summed E-state index contributed by atoms with van der Waals surface area (Å²) in [6.45, 7) is 0. The molecule has 3 nitrogen and oxygen atoms in total. The van der Waals surface area contributed by atoms with Gasteiger partial charge in [0.05, 0.1) is 12.8 Å². The highest BCUT2D eigenvalue weighted by molar-refractivity contribution is 7.14. The van der Waals surface area contributed by atoms with Crippen LogP contribution in [0.3, 0.4) is 0 Å². The second-order valence-electron chi connectivity index (χ2n) is 4.67. The number of aromatic nitrogens is 1. The van der Waals surface area contributed by atoms with Crippen LogP contribution in [0.2, 0.25) is 0 Å². The molecule has 0 saturated carbocycles. The average Bonchev–Trinajstić information content (AvgIpc) is 2.94. The summed E-state index contributed by atoms with van der Waals surface area (Å²) in [5.41, 5.74) is 1.25. The van der Waals surface area contributed by atoms with Gasteiger partial charge in [-0.3, -0.25) is 0 Å². The minimum Gasteiger partial charge on any atom is -0.496 e. The Balaban J connectivity index is 1.90. The quantitative estimate of drug-likeness (QED) is 0.730. The van der Waals surface area contributed by atoms with Gasteiger partial charge in [-0.05, 0) is 30.3 Å². The highest BCUT2D eigenvalue weighted by Gasteiger charge is 2.12. The van der Waals surface area contributed by atoms with E-state index in [9.17, 15) is 13.2 Å². The molecule has 0 unspecified atom stereocenters. The Morgan fingerprint density at radius 1 is 1.00 bits per heavy atom. The van der Waals surface area contributed by atoms with Gasteiger partial charge >= 0.3 is 0 Å². The molecule has 0 saturated heterocycles. The Labute approximate surface area is 134 Å². The maximum absolute atomic E-state index is 13.4. The number of anilines is 2. The van der Waals surface area contributed by atoms with Crippen molar-refractivity contribution in [3.8, 4) is 17.0 Å². The van der Waals surface area contributed by atoms with E-state index in [0.717, 1.165) is 18.2 Å². The van der Waals surface area contributed by atoms with Crippen LogP contribution in [-0.4, -0.2) is 12.1 Å². The molecule has 23 heavy (non-hydrogen) atoms. The van der Waals surface area contributed by atoms with Crippen LogP contribution >= 0.6 is 11.3 Å². The number of hydrogen-bond acceptors (Lipinski definition) is 4. The molecule has 0 spiro atoms. The first-order chi connectivity index (χ1) is 11.0. The van der Waals surface area contributed by atoms with Crippen molar-refractivity contribution in [2.24, 2.45) is 0 Å². The zero-order valence-corrected chi connectivity index (χ0v) is 12.8. The van der Waals surface area contributed by atoms with Crippen LogP contribution in [0.15, 0.2) is 41.8 Å². The predicted octanol–water partition coefficient (Wildman–Crippen LogP) is 4.98. The molecule has 118 valence electrons. The molecule has 0 aliphatic carbocycles. The van der Waals surface area contributed by atoms with Crippen molar-refractivity contribution in [3.05, 3.63) is 59.2 Å². The number of nitrogens with one attached hydrogen (secondary N) is 1. The lowest BCUT2D eigenvalue weighted by atomic mass is 10.1. The second-order valence-corrected chi connectivity index (χ2v) is 5.52. The summed E-state index contributed by atoms with van der Waals surface area (Å²) in [6, 6.07) is 7.23. The summed E-state index contributed by atoms with van der Waals surface area (Å²) in [4.78, 5) is 4.30. The average molecular weight is 336 g/mol. The van der Waals surface area contributed by atoms with E-state index in [1.807, 2.05) is 0 Å². The number of methoxy groups -OCH3 is 1. The number of halogens is 3. The van der Waals surface area contributed by atoms with E-state index in [0.29, 0.717) is 22.1 Å². The SMILES string of the molecule is COc1ccc(F)cc1-c1csc(Nc2cc(F)cc(F)c2)n1. The van der Waals surface area contributed by atoms with Gasteiger partial charge in [-0.2, -0.15) is 0 Å². The fourth-order valence-corrected chi connectivity index (χ4v) is 2.82. The smallest absolute Gasteiger partial charge is 0.187 e. The first kappa shape index (κ1) is 15.4. The highest BCUT2D eigenvalue weighted by Crippen LogP contribution is 2.33. The summed E-state index contributed by atoms with van der Waals surface area (Å²) in [5.74, 6) is -1.29. The molecule has 0 atom stereocenters. The van der Waals surface area contributed by atoms with E-state index in [2.05, 4.69) is 10.3 Å². The van der Waals surface area contributed by atoms with Crippen LogP contribution in [0.4, 0.5) is 24.0 Å². The molecular formula is C16H11F3N2OS. The Morgan fingerprint density at radius 3 is 2.43 bits per heavy atom. The Bertz CT molecular complexity index is 831. The first-order valence-electron chi connectivity index (χ1n) is 6.58. The third-order valence-corrected chi connectivity index (χ3v) is 3.81. The standard InChI is InChI=1S/C16H11F3N2OS/c1-22-15-3-2-9(17)7-13(15)14-8-23-16(21-14)20-12-5-10(18)4-11(19)6-12/h2-8H,1H3,(H,20,21). The van der Waals surface area contributed by atoms with Crippen molar-refractivity contribution in [2.75, 3.05) is 12.4 Å². The van der Waals surface area contributed by atoms with Crippen molar-refractivity contribution in [1.29, 1.82) is 0 Å². The van der Waals surface area contributed by atoms with Crippen LogP contribution in [0.1, 0.15) is 0 Å². The summed E-state index contributed by atoms with van der Waals surface area (Å²) in [6.07, 6.45) is 0. The molecule has 3 aromatic rings. The molecule has 7 heteroatoms. The van der Waals surface area contributed by atoms with E-state index < -0.39 is 17.5 Å². The van der Waals surface area contributed by atoms with Crippen LogP contribution in [-0.2, 0) is 0 Å². The summed E-state index contributed by atoms with van der Waals surface area (Å²) in [5, 5.41) is 4.95. The van der Waals surface area contributed by atoms with Gasteiger partial charge in [-0.15, -0.1) is 11.3 Å². The minimum absolute atomic E-state index is 0.245. The Hall–Kier alpha value is -2.54. The number of hydrogen-bond donors (Lipinski definition) is 1. The molecule has 1 heterocycles. The number of ether oxygens (including phenoxy) is 1. The van der Waals surface area contributed by atoms with Gasteiger partial charge in [0.25, 0.3) is 0 Å². The molecule has 1 N–H and O–H groups in total.